The molecule has 188 valence electrons. The number of hydrogen-bond acceptors (Lipinski definition) is 0. The second kappa shape index (κ2) is 15.9. The Hall–Kier alpha value is -0.100. The Balaban J connectivity index is 0.000000191. The Morgan fingerprint density at radius 1 is 0.529 bits per heavy atom. The van der Waals surface area contributed by atoms with Crippen molar-refractivity contribution in [2.75, 3.05) is 0 Å². The van der Waals surface area contributed by atoms with Crippen molar-refractivity contribution in [1.82, 2.24) is 0 Å². The van der Waals surface area contributed by atoms with Gasteiger partial charge in [0.25, 0.3) is 0 Å². The molecule has 0 unspecified atom stereocenters. The fourth-order valence-electron chi connectivity index (χ4n) is 6.02. The van der Waals surface area contributed by atoms with E-state index in [1.54, 1.807) is 11.1 Å². The van der Waals surface area contributed by atoms with E-state index >= 15 is 0 Å². The van der Waals surface area contributed by atoms with E-state index in [0.29, 0.717) is 0 Å². The normalized spacial score (nSPS) is 24.8. The molecule has 0 nitrogen and oxygen atoms in total. The molecule has 2 saturated carbocycles. The first-order chi connectivity index (χ1) is 16.6. The van der Waals surface area contributed by atoms with Gasteiger partial charge in [-0.15, -0.1) is 0 Å². The predicted molar refractivity (Wildman–Crippen MR) is 167 cm³/mol. The van der Waals surface area contributed by atoms with Crippen LogP contribution in [0, 0.1) is 19.0 Å². The van der Waals surface area contributed by atoms with Gasteiger partial charge in [-0.25, -0.2) is 0 Å². The molecule has 0 atom stereocenters. The van der Waals surface area contributed by atoms with Crippen molar-refractivity contribution in [3.63, 3.8) is 0 Å². The fraction of sp³-hybridized carbons (Fsp3) is 0.625. The van der Waals surface area contributed by atoms with Crippen molar-refractivity contribution in [2.24, 2.45) is 11.8 Å². The van der Waals surface area contributed by atoms with Gasteiger partial charge in [-0.1, -0.05) is 76.6 Å². The average molecular weight is 685 g/mol. The summed E-state index contributed by atoms with van der Waals surface area (Å²) in [5.41, 5.74) is 3.14. The van der Waals surface area contributed by atoms with E-state index in [-0.39, 0.29) is 0 Å². The number of benzene rings is 2. The zero-order valence-corrected chi connectivity index (χ0v) is 25.9. The van der Waals surface area contributed by atoms with Gasteiger partial charge >= 0.3 is 0 Å². The van der Waals surface area contributed by atoms with Crippen LogP contribution in [-0.4, -0.2) is 0 Å². The van der Waals surface area contributed by atoms with Gasteiger partial charge in [0.1, 0.15) is 0 Å². The highest BCUT2D eigenvalue weighted by Crippen LogP contribution is 2.38. The van der Waals surface area contributed by atoms with Gasteiger partial charge in [0.15, 0.2) is 0 Å². The second-order valence-electron chi connectivity index (χ2n) is 10.8. The summed E-state index contributed by atoms with van der Waals surface area (Å²) in [4.78, 5) is 0. The zero-order valence-electron chi connectivity index (χ0n) is 21.6. The van der Waals surface area contributed by atoms with E-state index < -0.39 is 0 Å². The minimum Gasteiger partial charge on any atom is -0.0654 e. The molecule has 0 amide bonds. The van der Waals surface area contributed by atoms with Crippen molar-refractivity contribution < 1.29 is 0 Å². The van der Waals surface area contributed by atoms with Gasteiger partial charge < -0.3 is 0 Å². The Morgan fingerprint density at radius 2 is 0.853 bits per heavy atom. The SMILES string of the molecule is CCCCC1CCC(c2ccc(I)cc2)CC1.CCCCC1CCC(c2ccc(I)cc2)CC1. The first-order valence-electron chi connectivity index (χ1n) is 14.1. The Bertz CT molecular complexity index is 709. The molecule has 2 aliphatic carbocycles. The molecule has 2 aromatic rings. The number of unbranched alkanes of at least 4 members (excludes halogenated alkanes) is 2. The van der Waals surface area contributed by atoms with Crippen molar-refractivity contribution in [1.29, 1.82) is 0 Å². The first kappa shape index (κ1) is 28.5. The van der Waals surface area contributed by atoms with E-state index in [1.165, 1.54) is 97.0 Å². The van der Waals surface area contributed by atoms with Crippen LogP contribution in [0.3, 0.4) is 0 Å². The summed E-state index contributed by atoms with van der Waals surface area (Å²) in [7, 11) is 0. The lowest BCUT2D eigenvalue weighted by Crippen LogP contribution is -2.13. The molecule has 0 bridgehead atoms. The van der Waals surface area contributed by atoms with Crippen molar-refractivity contribution in [3.05, 3.63) is 66.8 Å². The summed E-state index contributed by atoms with van der Waals surface area (Å²) in [5.74, 6) is 3.72. The third-order valence-electron chi connectivity index (χ3n) is 8.31. The second-order valence-corrected chi connectivity index (χ2v) is 13.3. The Labute approximate surface area is 237 Å². The number of hydrogen-bond donors (Lipinski definition) is 0. The molecular formula is C32H46I2. The molecule has 0 saturated heterocycles. The lowest BCUT2D eigenvalue weighted by molar-refractivity contribution is 0.304. The van der Waals surface area contributed by atoms with Crippen LogP contribution in [-0.2, 0) is 0 Å². The summed E-state index contributed by atoms with van der Waals surface area (Å²) < 4.78 is 2.70. The molecule has 0 radical (unpaired) electrons. The van der Waals surface area contributed by atoms with E-state index in [1.807, 2.05) is 0 Å². The van der Waals surface area contributed by atoms with Crippen LogP contribution in [0.2, 0.25) is 0 Å². The largest absolute Gasteiger partial charge is 0.0654 e. The lowest BCUT2D eigenvalue weighted by Gasteiger charge is -2.28. The predicted octanol–water partition coefficient (Wildman–Crippen LogP) is 11.5. The van der Waals surface area contributed by atoms with Crippen molar-refractivity contribution in [2.45, 2.75) is 116 Å². The molecule has 0 spiro atoms. The molecule has 4 rings (SSSR count). The van der Waals surface area contributed by atoms with Crippen LogP contribution < -0.4 is 0 Å². The first-order valence-corrected chi connectivity index (χ1v) is 16.3. The molecule has 0 aliphatic heterocycles. The van der Waals surface area contributed by atoms with Crippen molar-refractivity contribution >= 4 is 45.2 Å². The van der Waals surface area contributed by atoms with Gasteiger partial charge in [0, 0.05) is 7.14 Å². The molecular weight excluding hydrogens is 638 g/mol. The van der Waals surface area contributed by atoms with Gasteiger partial charge in [0.05, 0.1) is 0 Å². The Morgan fingerprint density at radius 3 is 1.15 bits per heavy atom. The van der Waals surface area contributed by atoms with Crippen LogP contribution >= 0.6 is 45.2 Å². The topological polar surface area (TPSA) is 0 Å². The summed E-state index contributed by atoms with van der Waals surface area (Å²) in [5, 5.41) is 0. The third kappa shape index (κ3) is 9.75. The number of rotatable bonds is 8. The quantitative estimate of drug-likeness (QED) is 0.243. The molecule has 2 aromatic carbocycles. The summed E-state index contributed by atoms with van der Waals surface area (Å²) in [6, 6.07) is 18.3. The van der Waals surface area contributed by atoms with Gasteiger partial charge in [-0.3, -0.25) is 0 Å². The molecule has 0 N–H and O–H groups in total. The van der Waals surface area contributed by atoms with Crippen LogP contribution in [0.15, 0.2) is 48.5 Å². The molecule has 0 heterocycles. The van der Waals surface area contributed by atoms with Crippen LogP contribution in [0.1, 0.15) is 127 Å². The summed E-state index contributed by atoms with van der Waals surface area (Å²) in [6.07, 6.45) is 20.0. The molecule has 34 heavy (non-hydrogen) atoms. The molecule has 2 heteroatoms. The van der Waals surface area contributed by atoms with Gasteiger partial charge in [0.2, 0.25) is 0 Å². The third-order valence-corrected chi connectivity index (χ3v) is 9.75. The maximum atomic E-state index is 2.39. The van der Waals surface area contributed by atoms with E-state index in [9.17, 15) is 0 Å². The highest BCUT2D eigenvalue weighted by Gasteiger charge is 2.22. The standard InChI is InChI=1S/2C16H23I/c2*1-2-3-4-13-5-7-14(8-6-13)15-9-11-16(17)12-10-15/h2*9-14H,2-8H2,1H3. The fourth-order valence-corrected chi connectivity index (χ4v) is 6.74. The van der Waals surface area contributed by atoms with Crippen LogP contribution in [0.4, 0.5) is 0 Å². The monoisotopic (exact) mass is 684 g/mol. The highest BCUT2D eigenvalue weighted by atomic mass is 127. The zero-order chi connectivity index (χ0) is 24.2. The Kier molecular flexibility index (Phi) is 13.3. The highest BCUT2D eigenvalue weighted by molar-refractivity contribution is 14.1. The maximum Gasteiger partial charge on any atom is 0.0130 e. The molecule has 2 aliphatic rings. The molecule has 0 aromatic heterocycles. The number of halogens is 2. The maximum absolute atomic E-state index is 2.39. The average Bonchev–Trinajstić information content (AvgIpc) is 2.88. The minimum absolute atomic E-state index is 0.838. The van der Waals surface area contributed by atoms with E-state index in [2.05, 4.69) is 108 Å². The lowest BCUT2D eigenvalue weighted by atomic mass is 9.77. The van der Waals surface area contributed by atoms with Gasteiger partial charge in [-0.05, 0) is 156 Å². The summed E-state index contributed by atoms with van der Waals surface area (Å²) >= 11 is 4.77. The minimum atomic E-state index is 0.838. The molecule has 2 fully saturated rings. The van der Waals surface area contributed by atoms with Crippen molar-refractivity contribution in [3.8, 4) is 0 Å². The van der Waals surface area contributed by atoms with Gasteiger partial charge in [-0.2, -0.15) is 0 Å². The summed E-state index contributed by atoms with van der Waals surface area (Å²) in [6.45, 7) is 4.61. The van der Waals surface area contributed by atoms with Crippen LogP contribution in [0.5, 0.6) is 0 Å². The smallest absolute Gasteiger partial charge is 0.0130 e. The van der Waals surface area contributed by atoms with E-state index in [4.69, 9.17) is 0 Å². The van der Waals surface area contributed by atoms with E-state index in [0.717, 1.165) is 23.7 Å². The van der Waals surface area contributed by atoms with Crippen LogP contribution in [0.25, 0.3) is 0 Å².